The number of carbonyl (C=O) groups excluding carboxylic acids is 1. The Kier molecular flexibility index (Phi) is 6.12. The summed E-state index contributed by atoms with van der Waals surface area (Å²) in [6, 6.07) is 0. The Balaban J connectivity index is 2.37. The number of amides is 1. The Morgan fingerprint density at radius 3 is 2.33 bits per heavy atom. The molecule has 3 nitrogen and oxygen atoms in total. The molecule has 2 N–H and O–H groups in total. The van der Waals surface area contributed by atoms with Gasteiger partial charge in [0, 0.05) is 18.3 Å². The first-order chi connectivity index (χ1) is 8.32. The second-order valence-corrected chi connectivity index (χ2v) is 7.28. The molecule has 0 aromatic heterocycles. The summed E-state index contributed by atoms with van der Waals surface area (Å²) >= 11 is 3.64. The molecule has 0 aromatic carbocycles. The van der Waals surface area contributed by atoms with Crippen LogP contribution in [-0.4, -0.2) is 35.8 Å². The van der Waals surface area contributed by atoms with Crippen LogP contribution in [0.5, 0.6) is 0 Å². The van der Waals surface area contributed by atoms with E-state index < -0.39 is 0 Å². The maximum atomic E-state index is 10.9. The lowest BCUT2D eigenvalue weighted by molar-refractivity contribution is -0.119. The maximum Gasteiger partial charge on any atom is 0.217 e. The molecule has 0 saturated carbocycles. The maximum absolute atomic E-state index is 10.9. The van der Waals surface area contributed by atoms with Gasteiger partial charge in [-0.05, 0) is 43.2 Å². The second kappa shape index (κ2) is 6.90. The molecule has 0 aromatic rings. The number of piperidine rings is 1. The quantitative estimate of drug-likeness (QED) is 0.792. The summed E-state index contributed by atoms with van der Waals surface area (Å²) in [5.41, 5.74) is 5.60. The number of carbonyl (C=O) groups is 1. The molecule has 1 heterocycles. The van der Waals surface area contributed by atoms with Crippen LogP contribution >= 0.6 is 15.9 Å². The van der Waals surface area contributed by atoms with E-state index in [4.69, 9.17) is 5.73 Å². The SMILES string of the molecule is CC(C)(C)C(CBr)CN1CCC(CC(N)=O)CC1. The van der Waals surface area contributed by atoms with Gasteiger partial charge in [-0.2, -0.15) is 0 Å². The molecule has 0 bridgehead atoms. The van der Waals surface area contributed by atoms with Crippen molar-refractivity contribution >= 4 is 21.8 Å². The Morgan fingerprint density at radius 2 is 1.94 bits per heavy atom. The predicted octanol–water partition coefficient (Wildman–Crippen LogP) is 2.63. The molecule has 1 amide bonds. The number of nitrogens with zero attached hydrogens (tertiary/aromatic N) is 1. The van der Waals surface area contributed by atoms with E-state index in [2.05, 4.69) is 41.6 Å². The predicted molar refractivity (Wildman–Crippen MR) is 79.7 cm³/mol. The van der Waals surface area contributed by atoms with Crippen molar-refractivity contribution in [3.63, 3.8) is 0 Å². The van der Waals surface area contributed by atoms with E-state index in [1.807, 2.05) is 0 Å². The first-order valence-corrected chi connectivity index (χ1v) is 8.01. The second-order valence-electron chi connectivity index (χ2n) is 6.63. The molecule has 4 heteroatoms. The summed E-state index contributed by atoms with van der Waals surface area (Å²) in [7, 11) is 0. The van der Waals surface area contributed by atoms with Crippen molar-refractivity contribution in [2.24, 2.45) is 23.0 Å². The Hall–Kier alpha value is -0.0900. The fraction of sp³-hybridized carbons (Fsp3) is 0.929. The smallest absolute Gasteiger partial charge is 0.217 e. The number of rotatable bonds is 5. The first-order valence-electron chi connectivity index (χ1n) is 6.89. The number of halogens is 1. The lowest BCUT2D eigenvalue weighted by atomic mass is 9.81. The average molecular weight is 319 g/mol. The van der Waals surface area contributed by atoms with Crippen molar-refractivity contribution in [1.82, 2.24) is 4.90 Å². The fourth-order valence-corrected chi connectivity index (χ4v) is 3.70. The van der Waals surface area contributed by atoms with E-state index in [0.29, 0.717) is 23.7 Å². The van der Waals surface area contributed by atoms with E-state index in [9.17, 15) is 4.79 Å². The van der Waals surface area contributed by atoms with Gasteiger partial charge in [0.1, 0.15) is 0 Å². The molecular weight excluding hydrogens is 292 g/mol. The number of alkyl halides is 1. The molecule has 1 fully saturated rings. The lowest BCUT2D eigenvalue weighted by Gasteiger charge is -2.37. The van der Waals surface area contributed by atoms with Crippen molar-refractivity contribution in [3.05, 3.63) is 0 Å². The highest BCUT2D eigenvalue weighted by Gasteiger charge is 2.28. The molecule has 1 aliphatic rings. The average Bonchev–Trinajstić information content (AvgIpc) is 2.25. The summed E-state index contributed by atoms with van der Waals surface area (Å²) in [5, 5.41) is 1.05. The fourth-order valence-electron chi connectivity index (χ4n) is 2.52. The molecule has 18 heavy (non-hydrogen) atoms. The van der Waals surface area contributed by atoms with Gasteiger partial charge in [0.05, 0.1) is 0 Å². The van der Waals surface area contributed by atoms with Crippen LogP contribution in [-0.2, 0) is 4.79 Å². The van der Waals surface area contributed by atoms with E-state index in [-0.39, 0.29) is 5.91 Å². The van der Waals surface area contributed by atoms with Crippen molar-refractivity contribution in [2.75, 3.05) is 25.0 Å². The minimum Gasteiger partial charge on any atom is -0.370 e. The van der Waals surface area contributed by atoms with Crippen LogP contribution in [0.1, 0.15) is 40.0 Å². The van der Waals surface area contributed by atoms with Gasteiger partial charge in [0.2, 0.25) is 5.91 Å². The lowest BCUT2D eigenvalue weighted by Crippen LogP contribution is -2.41. The topological polar surface area (TPSA) is 46.3 Å². The van der Waals surface area contributed by atoms with E-state index in [1.165, 1.54) is 0 Å². The number of likely N-dealkylation sites (tertiary alicyclic amines) is 1. The normalized spacial score (nSPS) is 20.9. The Bertz CT molecular complexity index is 267. The molecular formula is C14H27BrN2O. The van der Waals surface area contributed by atoms with Gasteiger partial charge in [-0.15, -0.1) is 0 Å². The highest BCUT2D eigenvalue weighted by Crippen LogP contribution is 2.30. The van der Waals surface area contributed by atoms with Gasteiger partial charge in [0.25, 0.3) is 0 Å². The number of hydrogen-bond acceptors (Lipinski definition) is 2. The van der Waals surface area contributed by atoms with Gasteiger partial charge in [0.15, 0.2) is 0 Å². The van der Waals surface area contributed by atoms with Crippen LogP contribution in [0.3, 0.4) is 0 Å². The zero-order chi connectivity index (χ0) is 13.8. The minimum absolute atomic E-state index is 0.151. The van der Waals surface area contributed by atoms with Crippen LogP contribution in [0.4, 0.5) is 0 Å². The van der Waals surface area contributed by atoms with Crippen LogP contribution in [0, 0.1) is 17.3 Å². The van der Waals surface area contributed by atoms with Gasteiger partial charge in [-0.25, -0.2) is 0 Å². The summed E-state index contributed by atoms with van der Waals surface area (Å²) < 4.78 is 0. The van der Waals surface area contributed by atoms with E-state index >= 15 is 0 Å². The van der Waals surface area contributed by atoms with Crippen molar-refractivity contribution in [1.29, 1.82) is 0 Å². The molecule has 1 atom stereocenters. The Labute approximate surface area is 120 Å². The first kappa shape index (κ1) is 16.0. The third kappa shape index (κ3) is 5.27. The highest BCUT2D eigenvalue weighted by atomic mass is 79.9. The van der Waals surface area contributed by atoms with Crippen LogP contribution < -0.4 is 5.73 Å². The molecule has 0 aliphatic carbocycles. The zero-order valence-corrected chi connectivity index (χ0v) is 13.5. The van der Waals surface area contributed by atoms with Crippen LogP contribution in [0.2, 0.25) is 0 Å². The molecule has 1 aliphatic heterocycles. The zero-order valence-electron chi connectivity index (χ0n) is 11.9. The van der Waals surface area contributed by atoms with Gasteiger partial charge >= 0.3 is 0 Å². The van der Waals surface area contributed by atoms with Crippen molar-refractivity contribution < 1.29 is 4.79 Å². The largest absolute Gasteiger partial charge is 0.370 e. The minimum atomic E-state index is -0.151. The molecule has 1 rings (SSSR count). The number of hydrogen-bond donors (Lipinski definition) is 1. The van der Waals surface area contributed by atoms with Crippen LogP contribution in [0.25, 0.3) is 0 Å². The van der Waals surface area contributed by atoms with Gasteiger partial charge in [-0.1, -0.05) is 36.7 Å². The standard InChI is InChI=1S/C14H27BrN2O/c1-14(2,3)12(9-15)10-17-6-4-11(5-7-17)8-13(16)18/h11-12H,4-10H2,1-3H3,(H2,16,18). The molecule has 106 valence electrons. The van der Waals surface area contributed by atoms with E-state index in [1.54, 1.807) is 0 Å². The van der Waals surface area contributed by atoms with Gasteiger partial charge < -0.3 is 10.6 Å². The van der Waals surface area contributed by atoms with Crippen molar-refractivity contribution in [2.45, 2.75) is 40.0 Å². The Morgan fingerprint density at radius 1 is 1.39 bits per heavy atom. The third-order valence-corrected chi connectivity index (χ3v) is 4.87. The number of nitrogens with two attached hydrogens (primary N) is 1. The van der Waals surface area contributed by atoms with Gasteiger partial charge in [-0.3, -0.25) is 4.79 Å². The summed E-state index contributed by atoms with van der Waals surface area (Å²) in [4.78, 5) is 13.4. The molecule has 0 spiro atoms. The summed E-state index contributed by atoms with van der Waals surface area (Å²) in [5.74, 6) is 1.03. The molecule has 1 saturated heterocycles. The highest BCUT2D eigenvalue weighted by molar-refractivity contribution is 9.09. The molecule has 0 radical (unpaired) electrons. The summed E-state index contributed by atoms with van der Waals surface area (Å²) in [6.45, 7) is 10.3. The molecule has 1 unspecified atom stereocenters. The third-order valence-electron chi connectivity index (χ3n) is 4.09. The van der Waals surface area contributed by atoms with Crippen molar-refractivity contribution in [3.8, 4) is 0 Å². The van der Waals surface area contributed by atoms with E-state index in [0.717, 1.165) is 37.8 Å². The monoisotopic (exact) mass is 318 g/mol. The number of primary amides is 1. The van der Waals surface area contributed by atoms with Crippen LogP contribution in [0.15, 0.2) is 0 Å². The summed E-state index contributed by atoms with van der Waals surface area (Å²) in [6.07, 6.45) is 2.79.